The molecule has 92 valence electrons. The van der Waals surface area contributed by atoms with E-state index in [0.29, 0.717) is 0 Å². The summed E-state index contributed by atoms with van der Waals surface area (Å²) in [5.41, 5.74) is 6.16. The van der Waals surface area contributed by atoms with Crippen LogP contribution in [-0.4, -0.2) is 10.9 Å². The monoisotopic (exact) mass is 249 g/mol. The highest BCUT2D eigenvalue weighted by atomic mass is 19.2. The van der Waals surface area contributed by atoms with Gasteiger partial charge >= 0.3 is 0 Å². The number of halogens is 2. The van der Waals surface area contributed by atoms with Gasteiger partial charge in [0, 0.05) is 29.8 Å². The number of hydrogen-bond donors (Lipinski definition) is 2. The number of anilines is 2. The van der Waals surface area contributed by atoms with Crippen molar-refractivity contribution in [2.45, 2.75) is 0 Å². The molecule has 0 fully saturated rings. The third kappa shape index (κ3) is 2.42. The lowest BCUT2D eigenvalue weighted by atomic mass is 10.2. The lowest BCUT2D eigenvalue weighted by molar-refractivity contribution is 0.102. The van der Waals surface area contributed by atoms with Crippen molar-refractivity contribution in [1.29, 1.82) is 0 Å². The molecule has 0 unspecified atom stereocenters. The fraction of sp³-hybridized carbons (Fsp3) is 0. The van der Waals surface area contributed by atoms with Crippen molar-refractivity contribution >= 4 is 17.3 Å². The van der Waals surface area contributed by atoms with Crippen LogP contribution in [0.3, 0.4) is 0 Å². The van der Waals surface area contributed by atoms with Gasteiger partial charge in [-0.1, -0.05) is 0 Å². The van der Waals surface area contributed by atoms with E-state index >= 15 is 0 Å². The van der Waals surface area contributed by atoms with Gasteiger partial charge in [0.1, 0.15) is 0 Å². The molecule has 0 aliphatic heterocycles. The maximum absolute atomic E-state index is 12.9. The SMILES string of the molecule is Nc1ccncc1C(=O)Nc1ccc(F)c(F)c1. The Hall–Kier alpha value is -2.50. The minimum Gasteiger partial charge on any atom is -0.398 e. The average Bonchev–Trinajstić information content (AvgIpc) is 2.34. The van der Waals surface area contributed by atoms with Gasteiger partial charge < -0.3 is 11.1 Å². The van der Waals surface area contributed by atoms with Gasteiger partial charge in [-0.25, -0.2) is 8.78 Å². The van der Waals surface area contributed by atoms with Crippen molar-refractivity contribution < 1.29 is 13.6 Å². The number of nitrogen functional groups attached to an aromatic ring is 1. The Morgan fingerprint density at radius 3 is 2.67 bits per heavy atom. The number of nitrogens with two attached hydrogens (primary N) is 1. The summed E-state index contributed by atoms with van der Waals surface area (Å²) in [7, 11) is 0. The number of hydrogen-bond acceptors (Lipinski definition) is 3. The van der Waals surface area contributed by atoms with Crippen LogP contribution in [0.2, 0.25) is 0 Å². The molecule has 6 heteroatoms. The van der Waals surface area contributed by atoms with Crippen LogP contribution in [0.25, 0.3) is 0 Å². The van der Waals surface area contributed by atoms with Crippen molar-refractivity contribution in [3.8, 4) is 0 Å². The normalized spacial score (nSPS) is 10.1. The van der Waals surface area contributed by atoms with E-state index in [9.17, 15) is 13.6 Å². The molecule has 0 aliphatic rings. The first-order valence-corrected chi connectivity index (χ1v) is 5.04. The first kappa shape index (κ1) is 12.0. The van der Waals surface area contributed by atoms with Gasteiger partial charge in [-0.3, -0.25) is 9.78 Å². The largest absolute Gasteiger partial charge is 0.398 e. The highest BCUT2D eigenvalue weighted by Gasteiger charge is 2.11. The number of pyridine rings is 1. The van der Waals surface area contributed by atoms with Crippen LogP contribution >= 0.6 is 0 Å². The first-order valence-electron chi connectivity index (χ1n) is 5.04. The predicted octanol–water partition coefficient (Wildman–Crippen LogP) is 2.19. The van der Waals surface area contributed by atoms with Crippen molar-refractivity contribution in [2.24, 2.45) is 0 Å². The molecule has 1 amide bonds. The molecule has 4 nitrogen and oxygen atoms in total. The Bertz CT molecular complexity index is 602. The molecule has 0 saturated carbocycles. The lowest BCUT2D eigenvalue weighted by Gasteiger charge is -2.07. The Kier molecular flexibility index (Phi) is 3.18. The second-order valence-corrected chi connectivity index (χ2v) is 3.55. The summed E-state index contributed by atoms with van der Waals surface area (Å²) >= 11 is 0. The van der Waals surface area contributed by atoms with E-state index in [1.54, 1.807) is 0 Å². The number of nitrogens with one attached hydrogen (secondary N) is 1. The van der Waals surface area contributed by atoms with Gasteiger partial charge in [-0.2, -0.15) is 0 Å². The molecule has 1 aromatic carbocycles. The number of rotatable bonds is 2. The van der Waals surface area contributed by atoms with Crippen molar-refractivity contribution in [3.63, 3.8) is 0 Å². The van der Waals surface area contributed by atoms with Gasteiger partial charge in [-0.05, 0) is 18.2 Å². The zero-order valence-corrected chi connectivity index (χ0v) is 9.15. The number of carbonyl (C=O) groups excluding carboxylic acids is 1. The molecular formula is C12H9F2N3O. The van der Waals surface area contributed by atoms with E-state index in [-0.39, 0.29) is 16.9 Å². The van der Waals surface area contributed by atoms with Gasteiger partial charge in [0.25, 0.3) is 5.91 Å². The molecule has 0 aliphatic carbocycles. The van der Waals surface area contributed by atoms with Gasteiger partial charge in [0.15, 0.2) is 11.6 Å². The molecule has 18 heavy (non-hydrogen) atoms. The lowest BCUT2D eigenvalue weighted by Crippen LogP contribution is -2.14. The highest BCUT2D eigenvalue weighted by molar-refractivity contribution is 6.07. The number of amides is 1. The summed E-state index contributed by atoms with van der Waals surface area (Å²) < 4.78 is 25.7. The molecule has 2 aromatic rings. The van der Waals surface area contributed by atoms with E-state index in [0.717, 1.165) is 12.1 Å². The second kappa shape index (κ2) is 4.79. The molecule has 0 spiro atoms. The van der Waals surface area contributed by atoms with Crippen LogP contribution in [0.4, 0.5) is 20.2 Å². The Morgan fingerprint density at radius 1 is 1.22 bits per heavy atom. The minimum atomic E-state index is -1.04. The highest BCUT2D eigenvalue weighted by Crippen LogP contribution is 2.16. The summed E-state index contributed by atoms with van der Waals surface area (Å²) in [6, 6.07) is 4.54. The molecular weight excluding hydrogens is 240 g/mol. The maximum atomic E-state index is 12.9. The van der Waals surface area contributed by atoms with E-state index in [1.807, 2.05) is 0 Å². The topological polar surface area (TPSA) is 68.0 Å². The third-order valence-electron chi connectivity index (χ3n) is 2.28. The Morgan fingerprint density at radius 2 is 2.00 bits per heavy atom. The van der Waals surface area contributed by atoms with Gasteiger partial charge in [0.05, 0.1) is 5.56 Å². The molecule has 0 atom stereocenters. The summed E-state index contributed by atoms with van der Waals surface area (Å²) in [4.78, 5) is 15.5. The minimum absolute atomic E-state index is 0.141. The quantitative estimate of drug-likeness (QED) is 0.857. The van der Waals surface area contributed by atoms with Crippen LogP contribution in [0.15, 0.2) is 36.7 Å². The standard InChI is InChI=1S/C12H9F2N3O/c13-9-2-1-7(5-10(9)14)17-12(18)8-6-16-4-3-11(8)15/h1-6H,(H2,15,16)(H,17,18). The van der Waals surface area contributed by atoms with E-state index in [1.165, 1.54) is 24.5 Å². The van der Waals surface area contributed by atoms with Crippen molar-refractivity contribution in [2.75, 3.05) is 11.1 Å². The Labute approximate surface area is 101 Å². The number of nitrogens with zero attached hydrogens (tertiary/aromatic N) is 1. The fourth-order valence-corrected chi connectivity index (χ4v) is 1.37. The molecule has 0 bridgehead atoms. The van der Waals surface area contributed by atoms with Crippen LogP contribution in [-0.2, 0) is 0 Å². The van der Waals surface area contributed by atoms with E-state index in [2.05, 4.69) is 10.3 Å². The summed E-state index contributed by atoms with van der Waals surface area (Å²) in [6.45, 7) is 0. The maximum Gasteiger partial charge on any atom is 0.259 e. The van der Waals surface area contributed by atoms with Crippen LogP contribution in [0.5, 0.6) is 0 Å². The van der Waals surface area contributed by atoms with Crippen LogP contribution in [0, 0.1) is 11.6 Å². The first-order chi connectivity index (χ1) is 8.58. The average molecular weight is 249 g/mol. The van der Waals surface area contributed by atoms with Crippen molar-refractivity contribution in [3.05, 3.63) is 53.9 Å². The second-order valence-electron chi connectivity index (χ2n) is 3.55. The van der Waals surface area contributed by atoms with Crippen molar-refractivity contribution in [1.82, 2.24) is 4.98 Å². The van der Waals surface area contributed by atoms with Crippen LogP contribution in [0.1, 0.15) is 10.4 Å². The smallest absolute Gasteiger partial charge is 0.259 e. The number of aromatic nitrogens is 1. The number of benzene rings is 1. The fourth-order valence-electron chi connectivity index (χ4n) is 1.37. The molecule has 3 N–H and O–H groups in total. The number of carbonyl (C=O) groups is 1. The molecule has 1 heterocycles. The summed E-state index contributed by atoms with van der Waals surface area (Å²) in [5.74, 6) is -2.55. The summed E-state index contributed by atoms with van der Waals surface area (Å²) in [5, 5.41) is 2.40. The van der Waals surface area contributed by atoms with Gasteiger partial charge in [-0.15, -0.1) is 0 Å². The van der Waals surface area contributed by atoms with Crippen LogP contribution < -0.4 is 11.1 Å². The summed E-state index contributed by atoms with van der Waals surface area (Å²) in [6.07, 6.45) is 2.74. The van der Waals surface area contributed by atoms with Gasteiger partial charge in [0.2, 0.25) is 0 Å². The van der Waals surface area contributed by atoms with E-state index in [4.69, 9.17) is 5.73 Å². The van der Waals surface area contributed by atoms with E-state index < -0.39 is 17.5 Å². The molecule has 2 rings (SSSR count). The zero-order chi connectivity index (χ0) is 13.1. The predicted molar refractivity (Wildman–Crippen MR) is 63.0 cm³/mol. The Balaban J connectivity index is 2.22. The third-order valence-corrected chi connectivity index (χ3v) is 2.28. The molecule has 0 radical (unpaired) electrons. The molecule has 0 saturated heterocycles. The zero-order valence-electron chi connectivity index (χ0n) is 9.15. The molecule has 1 aromatic heterocycles.